The van der Waals surface area contributed by atoms with Crippen LogP contribution in [0.2, 0.25) is 0 Å². The minimum Gasteiger partial charge on any atom is -0.506 e. The maximum atomic E-state index is 11.2. The van der Waals surface area contributed by atoms with E-state index in [0.29, 0.717) is 12.0 Å². The molecule has 0 spiro atoms. The van der Waals surface area contributed by atoms with Crippen LogP contribution in [0.4, 0.5) is 0 Å². The smallest absolute Gasteiger partial charge is 0.339 e. The molecular formula is C33H52O4. The summed E-state index contributed by atoms with van der Waals surface area (Å²) in [6.45, 7) is 2.97. The van der Waals surface area contributed by atoms with Crippen molar-refractivity contribution in [3.05, 3.63) is 35.9 Å². The van der Waals surface area contributed by atoms with E-state index in [9.17, 15) is 9.90 Å². The molecule has 0 saturated heterocycles. The Hall–Kier alpha value is -2.23. The minimum atomic E-state index is -1.13. The highest BCUT2D eigenvalue weighted by molar-refractivity contribution is 6.00. The fourth-order valence-electron chi connectivity index (χ4n) is 5.10. The molecule has 0 fully saturated rings. The molecule has 0 aliphatic heterocycles. The number of unbranched alkanes of at least 4 members (excludes halogenated alkanes) is 19. The Morgan fingerprint density at radius 1 is 0.649 bits per heavy atom. The van der Waals surface area contributed by atoms with E-state index >= 15 is 0 Å². The zero-order valence-corrected chi connectivity index (χ0v) is 23.4. The van der Waals surface area contributed by atoms with Gasteiger partial charge in [-0.05, 0) is 36.1 Å². The molecule has 0 radical (unpaired) electrons. The number of benzene rings is 2. The highest BCUT2D eigenvalue weighted by atomic mass is 16.5. The monoisotopic (exact) mass is 512 g/mol. The first kappa shape index (κ1) is 31.0. The number of ether oxygens (including phenoxy) is 1. The number of carboxylic acids is 1. The van der Waals surface area contributed by atoms with Crippen LogP contribution >= 0.6 is 0 Å². The van der Waals surface area contributed by atoms with Crippen molar-refractivity contribution in [2.24, 2.45) is 0 Å². The van der Waals surface area contributed by atoms with E-state index in [-0.39, 0.29) is 11.3 Å². The summed E-state index contributed by atoms with van der Waals surface area (Å²) in [5.41, 5.74) is -0.0782. The Kier molecular flexibility index (Phi) is 16.6. The molecule has 0 amide bonds. The maximum absolute atomic E-state index is 11.2. The van der Waals surface area contributed by atoms with Gasteiger partial charge >= 0.3 is 5.97 Å². The number of rotatable bonds is 23. The number of fused-ring (bicyclic) bond motifs is 1. The first-order chi connectivity index (χ1) is 18.1. The number of phenols is 1. The van der Waals surface area contributed by atoms with Crippen LogP contribution < -0.4 is 4.74 Å². The highest BCUT2D eigenvalue weighted by Gasteiger charge is 2.12. The van der Waals surface area contributed by atoms with Gasteiger partial charge in [0.15, 0.2) is 0 Å². The molecule has 4 heteroatoms. The van der Waals surface area contributed by atoms with Crippen LogP contribution in [0.5, 0.6) is 11.5 Å². The van der Waals surface area contributed by atoms with Gasteiger partial charge in [-0.15, -0.1) is 0 Å². The van der Waals surface area contributed by atoms with E-state index in [1.165, 1.54) is 128 Å². The lowest BCUT2D eigenvalue weighted by molar-refractivity contribution is 0.0694. The average Bonchev–Trinajstić information content (AvgIpc) is 2.89. The normalized spacial score (nSPS) is 11.3. The predicted molar refractivity (Wildman–Crippen MR) is 156 cm³/mol. The van der Waals surface area contributed by atoms with E-state index in [1.807, 2.05) is 6.07 Å². The summed E-state index contributed by atoms with van der Waals surface area (Å²) < 4.78 is 5.87. The van der Waals surface area contributed by atoms with Crippen LogP contribution in [0.3, 0.4) is 0 Å². The number of carbonyl (C=O) groups is 1. The van der Waals surface area contributed by atoms with Gasteiger partial charge in [-0.3, -0.25) is 0 Å². The van der Waals surface area contributed by atoms with Gasteiger partial charge in [0, 0.05) is 5.39 Å². The van der Waals surface area contributed by atoms with Crippen LogP contribution in [0.15, 0.2) is 30.3 Å². The summed E-state index contributed by atoms with van der Waals surface area (Å²) in [5.74, 6) is -0.558. The minimum absolute atomic E-state index is 0.0782. The Bertz CT molecular complexity index is 876. The molecule has 2 N–H and O–H groups in total. The van der Waals surface area contributed by atoms with Gasteiger partial charge in [0.2, 0.25) is 0 Å². The molecule has 0 aromatic heterocycles. The second-order valence-electron chi connectivity index (χ2n) is 10.7. The third-order valence-electron chi connectivity index (χ3n) is 7.46. The molecule has 37 heavy (non-hydrogen) atoms. The molecule has 0 heterocycles. The Balaban J connectivity index is 1.36. The van der Waals surface area contributed by atoms with Gasteiger partial charge in [-0.25, -0.2) is 4.79 Å². The van der Waals surface area contributed by atoms with E-state index < -0.39 is 5.97 Å². The molecule has 0 bridgehead atoms. The van der Waals surface area contributed by atoms with Gasteiger partial charge < -0.3 is 14.9 Å². The SMILES string of the molecule is CCCCCCCCCCCCCCCCCCCCCCOc1ccc2c(O)c(C(=O)O)ccc2c1. The second-order valence-corrected chi connectivity index (χ2v) is 10.7. The van der Waals surface area contributed by atoms with Crippen LogP contribution in [0.1, 0.15) is 146 Å². The Morgan fingerprint density at radius 3 is 1.57 bits per heavy atom. The topological polar surface area (TPSA) is 66.8 Å². The summed E-state index contributed by atoms with van der Waals surface area (Å²) in [6, 6.07) is 8.52. The highest BCUT2D eigenvalue weighted by Crippen LogP contribution is 2.31. The van der Waals surface area contributed by atoms with Gasteiger partial charge in [-0.1, -0.05) is 135 Å². The van der Waals surface area contributed by atoms with Crippen LogP contribution in [0, 0.1) is 0 Å². The summed E-state index contributed by atoms with van der Waals surface area (Å²) in [4.78, 5) is 11.2. The fraction of sp³-hybridized carbons (Fsp3) is 0.667. The zero-order chi connectivity index (χ0) is 26.6. The van der Waals surface area contributed by atoms with Gasteiger partial charge in [0.05, 0.1) is 6.61 Å². The molecule has 4 nitrogen and oxygen atoms in total. The maximum Gasteiger partial charge on any atom is 0.339 e. The Morgan fingerprint density at radius 2 is 1.11 bits per heavy atom. The molecule has 2 aromatic rings. The third kappa shape index (κ3) is 13.2. The van der Waals surface area contributed by atoms with Crippen molar-refractivity contribution in [2.45, 2.75) is 135 Å². The molecule has 0 atom stereocenters. The lowest BCUT2D eigenvalue weighted by Crippen LogP contribution is -1.98. The van der Waals surface area contributed by atoms with Crippen LogP contribution in [-0.4, -0.2) is 22.8 Å². The number of hydrogen-bond donors (Lipinski definition) is 2. The summed E-state index contributed by atoms with van der Waals surface area (Å²) in [7, 11) is 0. The molecule has 208 valence electrons. The fourth-order valence-corrected chi connectivity index (χ4v) is 5.10. The van der Waals surface area contributed by atoms with Crippen LogP contribution in [0.25, 0.3) is 10.8 Å². The van der Waals surface area contributed by atoms with Crippen molar-refractivity contribution in [1.29, 1.82) is 0 Å². The first-order valence-electron chi connectivity index (χ1n) is 15.2. The van der Waals surface area contributed by atoms with E-state index in [2.05, 4.69) is 6.92 Å². The number of aromatic carboxylic acids is 1. The quantitative estimate of drug-likeness (QED) is 0.145. The predicted octanol–water partition coefficient (Wildman–Crippen LogP) is 10.4. The molecule has 2 aromatic carbocycles. The van der Waals surface area contributed by atoms with E-state index in [1.54, 1.807) is 18.2 Å². The van der Waals surface area contributed by atoms with Crippen molar-refractivity contribution in [2.75, 3.05) is 6.61 Å². The van der Waals surface area contributed by atoms with Gasteiger partial charge in [0.1, 0.15) is 17.1 Å². The van der Waals surface area contributed by atoms with Crippen molar-refractivity contribution in [3.8, 4) is 11.5 Å². The van der Waals surface area contributed by atoms with E-state index in [0.717, 1.165) is 17.6 Å². The molecular weight excluding hydrogens is 460 g/mol. The molecule has 0 aliphatic carbocycles. The average molecular weight is 513 g/mol. The van der Waals surface area contributed by atoms with Crippen LogP contribution in [-0.2, 0) is 0 Å². The van der Waals surface area contributed by atoms with Crippen molar-refractivity contribution < 1.29 is 19.7 Å². The van der Waals surface area contributed by atoms with Gasteiger partial charge in [-0.2, -0.15) is 0 Å². The van der Waals surface area contributed by atoms with E-state index in [4.69, 9.17) is 9.84 Å². The number of carboxylic acid groups (broad SMARTS) is 1. The molecule has 2 rings (SSSR count). The number of aromatic hydroxyl groups is 1. The largest absolute Gasteiger partial charge is 0.506 e. The summed E-state index contributed by atoms with van der Waals surface area (Å²) in [6.07, 6.45) is 27.5. The standard InChI is InChI=1S/C33H52O4/c1-2-3-4-5-6-7-8-9-10-11-12-13-14-15-16-17-18-19-20-21-26-37-29-23-25-30-28(27-29)22-24-31(32(30)34)33(35)36/h22-25,27,34H,2-21,26H2,1H3,(H,35,36). The summed E-state index contributed by atoms with van der Waals surface area (Å²) in [5, 5.41) is 20.6. The third-order valence-corrected chi connectivity index (χ3v) is 7.46. The molecule has 0 aliphatic rings. The summed E-state index contributed by atoms with van der Waals surface area (Å²) >= 11 is 0. The molecule has 0 unspecified atom stereocenters. The Labute approximate surface area is 225 Å². The second kappa shape index (κ2) is 19.8. The first-order valence-corrected chi connectivity index (χ1v) is 15.2. The van der Waals surface area contributed by atoms with Crippen molar-refractivity contribution in [1.82, 2.24) is 0 Å². The zero-order valence-electron chi connectivity index (χ0n) is 23.4. The van der Waals surface area contributed by atoms with Crippen molar-refractivity contribution >= 4 is 16.7 Å². The lowest BCUT2D eigenvalue weighted by atomic mass is 10.0. The van der Waals surface area contributed by atoms with Gasteiger partial charge in [0.25, 0.3) is 0 Å². The molecule has 0 saturated carbocycles. The van der Waals surface area contributed by atoms with Crippen molar-refractivity contribution in [3.63, 3.8) is 0 Å². The lowest BCUT2D eigenvalue weighted by Gasteiger charge is -2.09. The number of hydrogen-bond acceptors (Lipinski definition) is 3.